The maximum absolute atomic E-state index is 12.3. The van der Waals surface area contributed by atoms with Crippen LogP contribution >= 0.6 is 15.9 Å². The average Bonchev–Trinajstić information content (AvgIpc) is 2.84. The quantitative estimate of drug-likeness (QED) is 0.700. The molecule has 2 heterocycles. The van der Waals surface area contributed by atoms with Crippen LogP contribution in [-0.4, -0.2) is 73.1 Å². The summed E-state index contributed by atoms with van der Waals surface area (Å²) in [6.07, 6.45) is 2.01. The van der Waals surface area contributed by atoms with E-state index in [0.29, 0.717) is 26.2 Å². The Bertz CT molecular complexity index is 335. The molecule has 2 rings (SSSR count). The van der Waals surface area contributed by atoms with Crippen LogP contribution in [0.15, 0.2) is 0 Å². The van der Waals surface area contributed by atoms with Crippen LogP contribution in [0, 0.1) is 0 Å². The summed E-state index contributed by atoms with van der Waals surface area (Å²) in [5.41, 5.74) is 0. The third-order valence-corrected chi connectivity index (χ3v) is 5.84. The molecule has 17 heavy (non-hydrogen) atoms. The third-order valence-electron chi connectivity index (χ3n) is 3.45. The second-order valence-electron chi connectivity index (χ2n) is 4.54. The van der Waals surface area contributed by atoms with E-state index in [0.717, 1.165) is 37.8 Å². The van der Waals surface area contributed by atoms with Crippen LogP contribution < -0.4 is 0 Å². The normalized spacial score (nSPS) is 25.5. The zero-order valence-corrected chi connectivity index (χ0v) is 12.4. The topological polar surface area (TPSA) is 43.9 Å². The summed E-state index contributed by atoms with van der Waals surface area (Å²) in [6, 6.07) is 0. The summed E-state index contributed by atoms with van der Waals surface area (Å²) in [5.74, 6) is 0. The third kappa shape index (κ3) is 3.20. The minimum Gasteiger partial charge on any atom is -0.300 e. The van der Waals surface area contributed by atoms with Gasteiger partial charge in [0.05, 0.1) is 0 Å². The van der Waals surface area contributed by atoms with Crippen molar-refractivity contribution < 1.29 is 8.42 Å². The van der Waals surface area contributed by atoms with Crippen LogP contribution in [0.25, 0.3) is 0 Å². The highest BCUT2D eigenvalue weighted by molar-refractivity contribution is 9.09. The van der Waals surface area contributed by atoms with Crippen molar-refractivity contribution >= 4 is 26.1 Å². The lowest BCUT2D eigenvalue weighted by atomic mass is 10.4. The molecule has 0 unspecified atom stereocenters. The Morgan fingerprint density at radius 2 is 1.41 bits per heavy atom. The molecule has 2 aliphatic rings. The van der Waals surface area contributed by atoms with Crippen molar-refractivity contribution in [2.75, 3.05) is 51.1 Å². The van der Waals surface area contributed by atoms with Crippen LogP contribution in [-0.2, 0) is 10.2 Å². The van der Waals surface area contributed by atoms with Crippen molar-refractivity contribution in [3.63, 3.8) is 0 Å². The van der Waals surface area contributed by atoms with E-state index in [1.807, 2.05) is 0 Å². The van der Waals surface area contributed by atoms with Crippen molar-refractivity contribution in [2.45, 2.75) is 12.8 Å². The monoisotopic (exact) mass is 325 g/mol. The molecule has 0 spiro atoms. The predicted molar refractivity (Wildman–Crippen MR) is 71.5 cm³/mol. The number of piperazine rings is 1. The molecule has 0 aromatic heterocycles. The number of halogens is 1. The van der Waals surface area contributed by atoms with Gasteiger partial charge in [-0.05, 0) is 12.8 Å². The largest absolute Gasteiger partial charge is 0.300 e. The molecule has 2 aliphatic heterocycles. The van der Waals surface area contributed by atoms with Crippen LogP contribution in [0.3, 0.4) is 0 Å². The molecule has 100 valence electrons. The van der Waals surface area contributed by atoms with Crippen molar-refractivity contribution in [1.82, 2.24) is 13.5 Å². The lowest BCUT2D eigenvalue weighted by Crippen LogP contribution is -2.52. The van der Waals surface area contributed by atoms with Gasteiger partial charge >= 0.3 is 0 Å². The van der Waals surface area contributed by atoms with E-state index in [9.17, 15) is 8.42 Å². The van der Waals surface area contributed by atoms with E-state index < -0.39 is 10.2 Å². The van der Waals surface area contributed by atoms with Gasteiger partial charge in [0.15, 0.2) is 0 Å². The van der Waals surface area contributed by atoms with Gasteiger partial charge in [-0.1, -0.05) is 15.9 Å². The second-order valence-corrected chi connectivity index (χ2v) is 7.27. The lowest BCUT2D eigenvalue weighted by molar-refractivity contribution is 0.191. The first kappa shape index (κ1) is 13.7. The Morgan fingerprint density at radius 1 is 0.882 bits per heavy atom. The van der Waals surface area contributed by atoms with Crippen LogP contribution in [0.4, 0.5) is 0 Å². The first-order valence-electron chi connectivity index (χ1n) is 6.18. The van der Waals surface area contributed by atoms with Gasteiger partial charge in [0.25, 0.3) is 10.2 Å². The highest BCUT2D eigenvalue weighted by Gasteiger charge is 2.33. The molecule has 0 atom stereocenters. The number of hydrogen-bond acceptors (Lipinski definition) is 3. The minimum absolute atomic E-state index is 0.631. The Morgan fingerprint density at radius 3 is 1.94 bits per heavy atom. The van der Waals surface area contributed by atoms with Crippen molar-refractivity contribution in [3.05, 3.63) is 0 Å². The fourth-order valence-corrected chi connectivity index (χ4v) is 4.56. The van der Waals surface area contributed by atoms with E-state index in [1.54, 1.807) is 8.61 Å². The van der Waals surface area contributed by atoms with E-state index >= 15 is 0 Å². The Hall–Kier alpha value is 0.310. The molecule has 0 bridgehead atoms. The van der Waals surface area contributed by atoms with E-state index in [-0.39, 0.29) is 0 Å². The fourth-order valence-electron chi connectivity index (χ4n) is 2.39. The Kier molecular flexibility index (Phi) is 4.82. The molecule has 2 saturated heterocycles. The highest BCUT2D eigenvalue weighted by Crippen LogP contribution is 2.17. The van der Waals surface area contributed by atoms with E-state index in [4.69, 9.17) is 0 Å². The van der Waals surface area contributed by atoms with Gasteiger partial charge in [-0.15, -0.1) is 0 Å². The van der Waals surface area contributed by atoms with Crippen LogP contribution in [0.5, 0.6) is 0 Å². The maximum atomic E-state index is 12.3. The van der Waals surface area contributed by atoms with Gasteiger partial charge in [0.2, 0.25) is 0 Å². The zero-order chi connectivity index (χ0) is 12.3. The molecule has 0 aromatic carbocycles. The van der Waals surface area contributed by atoms with E-state index in [2.05, 4.69) is 20.8 Å². The summed E-state index contributed by atoms with van der Waals surface area (Å²) in [4.78, 5) is 2.30. The summed E-state index contributed by atoms with van der Waals surface area (Å²) in [6.45, 7) is 5.35. The second kappa shape index (κ2) is 5.97. The number of rotatable bonds is 4. The first-order chi connectivity index (χ1) is 8.14. The molecule has 0 radical (unpaired) electrons. The van der Waals surface area contributed by atoms with Crippen molar-refractivity contribution in [2.24, 2.45) is 0 Å². The van der Waals surface area contributed by atoms with Crippen molar-refractivity contribution in [1.29, 1.82) is 0 Å². The SMILES string of the molecule is O=S(=O)(N1CCCC1)N1CCN(CCBr)CC1. The highest BCUT2D eigenvalue weighted by atomic mass is 79.9. The minimum atomic E-state index is -3.17. The molecule has 0 saturated carbocycles. The molecule has 7 heteroatoms. The Labute approximate surface area is 112 Å². The fraction of sp³-hybridized carbons (Fsp3) is 1.00. The number of hydrogen-bond donors (Lipinski definition) is 0. The summed E-state index contributed by atoms with van der Waals surface area (Å²) < 4.78 is 27.8. The number of nitrogens with zero attached hydrogens (tertiary/aromatic N) is 3. The van der Waals surface area contributed by atoms with Gasteiger partial charge in [0.1, 0.15) is 0 Å². The molecule has 0 aromatic rings. The molecule has 5 nitrogen and oxygen atoms in total. The Balaban J connectivity index is 1.91. The van der Waals surface area contributed by atoms with Gasteiger partial charge < -0.3 is 0 Å². The summed E-state index contributed by atoms with van der Waals surface area (Å²) in [5, 5.41) is 0.950. The standard InChI is InChI=1S/C10H20BrN3O2S/c11-3-6-12-7-9-14(10-8-12)17(15,16)13-4-1-2-5-13/h1-10H2. The average molecular weight is 326 g/mol. The molecule has 2 fully saturated rings. The first-order valence-corrected chi connectivity index (χ1v) is 8.70. The number of alkyl halides is 1. The van der Waals surface area contributed by atoms with Gasteiger partial charge in [-0.2, -0.15) is 17.0 Å². The predicted octanol–water partition coefficient (Wildman–Crippen LogP) is 0.340. The molecule has 0 N–H and O–H groups in total. The molecule has 0 aliphatic carbocycles. The summed E-state index contributed by atoms with van der Waals surface area (Å²) >= 11 is 3.41. The molecular weight excluding hydrogens is 306 g/mol. The lowest BCUT2D eigenvalue weighted by Gasteiger charge is -2.35. The van der Waals surface area contributed by atoms with Gasteiger partial charge in [-0.3, -0.25) is 4.90 Å². The van der Waals surface area contributed by atoms with Gasteiger partial charge in [-0.25, -0.2) is 0 Å². The van der Waals surface area contributed by atoms with Gasteiger partial charge in [0, 0.05) is 51.1 Å². The maximum Gasteiger partial charge on any atom is 0.282 e. The zero-order valence-electron chi connectivity index (χ0n) is 10.0. The molecular formula is C10H20BrN3O2S. The smallest absolute Gasteiger partial charge is 0.282 e. The van der Waals surface area contributed by atoms with Crippen molar-refractivity contribution in [3.8, 4) is 0 Å². The summed E-state index contributed by atoms with van der Waals surface area (Å²) in [7, 11) is -3.17. The van der Waals surface area contributed by atoms with Crippen LogP contribution in [0.2, 0.25) is 0 Å². The van der Waals surface area contributed by atoms with E-state index in [1.165, 1.54) is 0 Å². The molecule has 0 amide bonds. The van der Waals surface area contributed by atoms with Crippen LogP contribution in [0.1, 0.15) is 12.8 Å².